The van der Waals surface area contributed by atoms with E-state index in [1.165, 1.54) is 0 Å². The lowest BCUT2D eigenvalue weighted by atomic mass is 10.2. The van der Waals surface area contributed by atoms with E-state index in [1.54, 1.807) is 12.1 Å². The monoisotopic (exact) mass is 530 g/mol. The van der Waals surface area contributed by atoms with E-state index in [0.717, 1.165) is 20.6 Å². The van der Waals surface area contributed by atoms with Crippen molar-refractivity contribution in [1.82, 2.24) is 0 Å². The fraction of sp³-hybridized carbons (Fsp3) is 0.0400. The van der Waals surface area contributed by atoms with Crippen molar-refractivity contribution in [3.63, 3.8) is 0 Å². The predicted molar refractivity (Wildman–Crippen MR) is 140 cm³/mol. The summed E-state index contributed by atoms with van der Waals surface area (Å²) in [7, 11) is 0. The molecule has 4 rings (SSSR count). The van der Waals surface area contributed by atoms with Crippen LogP contribution in [0, 0.1) is 0 Å². The zero-order valence-electron chi connectivity index (χ0n) is 16.3. The largest absolute Gasteiger partial charge is 0.134 e. The molecule has 0 bridgehead atoms. The molecule has 0 saturated carbocycles. The molecule has 31 heavy (non-hydrogen) atoms. The molecule has 0 amide bonds. The Hall–Kier alpha value is -1.38. The normalized spacial score (nSPS) is 9.26. The molecule has 0 aliphatic rings. The molecule has 0 radical (unpaired) electrons. The number of hydrogen-bond acceptors (Lipinski definition) is 0. The summed E-state index contributed by atoms with van der Waals surface area (Å²) in [5.74, 6) is 0. The van der Waals surface area contributed by atoms with Gasteiger partial charge in [0.05, 0.1) is 0 Å². The number of benzene rings is 4. The maximum Gasteiger partial charge on any atom is 0.134 e. The number of rotatable bonds is 1. The lowest BCUT2D eigenvalue weighted by Crippen LogP contribution is -1.80. The molecule has 0 saturated heterocycles. The zero-order chi connectivity index (χ0) is 22.9. The summed E-state index contributed by atoms with van der Waals surface area (Å²) in [6.45, 7) is 0. The van der Waals surface area contributed by atoms with Crippen molar-refractivity contribution in [3.8, 4) is 0 Å². The van der Waals surface area contributed by atoms with Crippen LogP contribution >= 0.6 is 69.6 Å². The van der Waals surface area contributed by atoms with Crippen LogP contribution in [0.1, 0.15) is 10.4 Å². The van der Waals surface area contributed by atoms with Crippen LogP contribution in [-0.2, 0) is 0 Å². The van der Waals surface area contributed by atoms with Gasteiger partial charge in [-0.1, -0.05) is 119 Å². The Morgan fingerprint density at radius 3 is 0.871 bits per heavy atom. The van der Waals surface area contributed by atoms with E-state index in [4.69, 9.17) is 69.6 Å². The van der Waals surface area contributed by atoms with Crippen molar-refractivity contribution >= 4 is 69.6 Å². The molecule has 4 aromatic rings. The van der Waals surface area contributed by atoms with Gasteiger partial charge in [0.15, 0.2) is 0 Å². The topological polar surface area (TPSA) is 0 Å². The van der Waals surface area contributed by atoms with Crippen LogP contribution < -0.4 is 0 Å². The Bertz CT molecular complexity index is 856. The molecule has 4 aromatic carbocycles. The van der Waals surface area contributed by atoms with Gasteiger partial charge in [-0.2, -0.15) is 0 Å². The molecule has 0 unspecified atom stereocenters. The Morgan fingerprint density at radius 1 is 0.387 bits per heavy atom. The van der Waals surface area contributed by atoms with Crippen LogP contribution in [0.15, 0.2) is 115 Å². The summed E-state index contributed by atoms with van der Waals surface area (Å²) in [5.41, 5.74) is 0.757. The highest BCUT2D eigenvalue weighted by Gasteiger charge is 2.05. The van der Waals surface area contributed by atoms with Crippen LogP contribution in [0.5, 0.6) is 0 Å². The van der Waals surface area contributed by atoms with Crippen LogP contribution in [-0.4, -0.2) is 0 Å². The van der Waals surface area contributed by atoms with Crippen LogP contribution in [0.25, 0.3) is 0 Å². The van der Waals surface area contributed by atoms with Crippen LogP contribution in [0.2, 0.25) is 20.1 Å². The average Bonchev–Trinajstić information content (AvgIpc) is 2.77. The predicted octanol–water partition coefficient (Wildman–Crippen LogP) is 10.8. The summed E-state index contributed by atoms with van der Waals surface area (Å²) < 4.78 is 0. The van der Waals surface area contributed by atoms with Crippen molar-refractivity contribution in [1.29, 1.82) is 0 Å². The van der Waals surface area contributed by atoms with E-state index in [1.807, 2.05) is 103 Å². The van der Waals surface area contributed by atoms with Crippen molar-refractivity contribution in [2.24, 2.45) is 0 Å². The molecular weight excluding hydrogens is 513 g/mol. The van der Waals surface area contributed by atoms with Gasteiger partial charge in [0, 0.05) is 25.7 Å². The van der Waals surface area contributed by atoms with Gasteiger partial charge in [0.25, 0.3) is 0 Å². The first kappa shape index (κ1) is 27.7. The first-order valence-corrected chi connectivity index (χ1v) is 11.4. The van der Waals surface area contributed by atoms with Gasteiger partial charge in [-0.15, -0.1) is 23.2 Å². The van der Waals surface area contributed by atoms with Crippen molar-refractivity contribution in [3.05, 3.63) is 141 Å². The molecule has 0 aromatic heterocycles. The molecule has 0 N–H and O–H groups in total. The zero-order valence-corrected chi connectivity index (χ0v) is 20.9. The van der Waals surface area contributed by atoms with Crippen molar-refractivity contribution < 1.29 is 0 Å². The molecule has 0 heterocycles. The molecular formula is C25H20Cl6. The van der Waals surface area contributed by atoms with E-state index in [0.29, 0.717) is 5.02 Å². The lowest BCUT2D eigenvalue weighted by Gasteiger charge is -2.01. The van der Waals surface area contributed by atoms with Crippen molar-refractivity contribution in [2.75, 3.05) is 0 Å². The van der Waals surface area contributed by atoms with Gasteiger partial charge in [-0.25, -0.2) is 0 Å². The number of hydrogen-bond donors (Lipinski definition) is 0. The fourth-order valence-electron chi connectivity index (χ4n) is 1.90. The quantitative estimate of drug-likeness (QED) is 0.214. The minimum atomic E-state index is -0.534. The Labute approximate surface area is 214 Å². The smallest absolute Gasteiger partial charge is 0.100 e. The Balaban J connectivity index is 0.000000209. The molecule has 6 heteroatoms. The molecule has 162 valence electrons. The van der Waals surface area contributed by atoms with Gasteiger partial charge in [-0.05, 0) is 42.5 Å². The second-order valence-corrected chi connectivity index (χ2v) is 8.52. The molecule has 0 atom stereocenters. The summed E-state index contributed by atoms with van der Waals surface area (Å²) in [6, 6.07) is 35.6. The SMILES string of the molecule is Clc1ccccc1.Clc1ccccc1.Clc1ccccc1.Clc1ccccc1C(Cl)Cl. The van der Waals surface area contributed by atoms with Gasteiger partial charge in [-0.3, -0.25) is 0 Å². The first-order valence-electron chi connectivity index (χ1n) is 9.04. The molecule has 0 aliphatic carbocycles. The van der Waals surface area contributed by atoms with Crippen LogP contribution in [0.3, 0.4) is 0 Å². The third kappa shape index (κ3) is 14.3. The summed E-state index contributed by atoms with van der Waals surface area (Å²) >= 11 is 33.5. The van der Waals surface area contributed by atoms with Gasteiger partial charge in [0.2, 0.25) is 0 Å². The average molecular weight is 533 g/mol. The maximum absolute atomic E-state index is 5.75. The minimum absolute atomic E-state index is 0.534. The van der Waals surface area contributed by atoms with Gasteiger partial charge in [0.1, 0.15) is 4.84 Å². The second kappa shape index (κ2) is 17.2. The Kier molecular flexibility index (Phi) is 15.4. The third-order valence-electron chi connectivity index (χ3n) is 3.34. The second-order valence-electron chi connectivity index (χ2n) is 5.71. The summed E-state index contributed by atoms with van der Waals surface area (Å²) in [5, 5.41) is 2.99. The summed E-state index contributed by atoms with van der Waals surface area (Å²) in [6.07, 6.45) is 0. The van der Waals surface area contributed by atoms with E-state index in [-0.39, 0.29) is 0 Å². The maximum atomic E-state index is 5.75. The fourth-order valence-corrected chi connectivity index (χ4v) is 3.07. The highest BCUT2D eigenvalue weighted by atomic mass is 35.5. The molecule has 0 fully saturated rings. The minimum Gasteiger partial charge on any atom is -0.100 e. The molecule has 0 nitrogen and oxygen atoms in total. The van der Waals surface area contributed by atoms with Crippen LogP contribution in [0.4, 0.5) is 0 Å². The van der Waals surface area contributed by atoms with E-state index in [9.17, 15) is 0 Å². The van der Waals surface area contributed by atoms with Gasteiger partial charge >= 0.3 is 0 Å². The third-order valence-corrected chi connectivity index (χ3v) is 4.91. The Morgan fingerprint density at radius 2 is 0.677 bits per heavy atom. The number of halogens is 6. The van der Waals surface area contributed by atoms with E-state index < -0.39 is 4.84 Å². The highest BCUT2D eigenvalue weighted by Crippen LogP contribution is 2.30. The van der Waals surface area contributed by atoms with Gasteiger partial charge < -0.3 is 0 Å². The van der Waals surface area contributed by atoms with E-state index >= 15 is 0 Å². The van der Waals surface area contributed by atoms with Crippen molar-refractivity contribution in [2.45, 2.75) is 4.84 Å². The lowest BCUT2D eigenvalue weighted by molar-refractivity contribution is 1.35. The highest BCUT2D eigenvalue weighted by molar-refractivity contribution is 6.45. The molecule has 0 aliphatic heterocycles. The summed E-state index contributed by atoms with van der Waals surface area (Å²) in [4.78, 5) is -0.534. The first-order chi connectivity index (χ1) is 14.9. The number of alkyl halides is 2. The molecule has 0 spiro atoms. The van der Waals surface area contributed by atoms with E-state index in [2.05, 4.69) is 0 Å². The standard InChI is InChI=1S/C7H5Cl3.3C6H5Cl/c8-6-4-2-1-3-5(6)7(9)10;3*7-6-4-2-1-3-5-6/h1-4,7H;3*1-5H.